The van der Waals surface area contributed by atoms with Crippen LogP contribution in [0.25, 0.3) is 27.2 Å². The first-order valence-corrected chi connectivity index (χ1v) is 6.79. The molecule has 20 heavy (non-hydrogen) atoms. The molecule has 0 aliphatic carbocycles. The van der Waals surface area contributed by atoms with Crippen molar-refractivity contribution in [2.24, 2.45) is 0 Å². The number of hydrogen-bond acceptors (Lipinski definition) is 6. The van der Waals surface area contributed by atoms with Gasteiger partial charge in [0, 0.05) is 11.9 Å². The number of aromatic nitrogens is 7. The van der Waals surface area contributed by atoms with E-state index < -0.39 is 0 Å². The molecule has 4 rings (SSSR count). The molecule has 4 heterocycles. The lowest BCUT2D eigenvalue weighted by Gasteiger charge is -1.92. The standard InChI is InChI=1S/C12H9N7S/c1-7-6-9(15-14-7)10-16-17-12-19(10)18-11(20-12)8-4-2-3-5-13-8/h2-6H,1H3,(H,14,15). The van der Waals surface area contributed by atoms with Crippen molar-refractivity contribution in [1.82, 2.24) is 35.0 Å². The number of fused-ring (bicyclic) bond motifs is 1. The van der Waals surface area contributed by atoms with E-state index in [1.54, 1.807) is 10.7 Å². The SMILES string of the molecule is Cc1cc(-c2nnc3sc(-c4ccccn4)nn23)n[nH]1. The molecule has 0 unspecified atom stereocenters. The van der Waals surface area contributed by atoms with Gasteiger partial charge in [-0.05, 0) is 25.1 Å². The fourth-order valence-electron chi connectivity index (χ4n) is 1.90. The lowest BCUT2D eigenvalue weighted by Crippen LogP contribution is -1.91. The average molecular weight is 283 g/mol. The van der Waals surface area contributed by atoms with Crippen LogP contribution in [0.1, 0.15) is 5.69 Å². The Morgan fingerprint density at radius 2 is 2.15 bits per heavy atom. The molecule has 1 N–H and O–H groups in total. The molecule has 4 aromatic heterocycles. The van der Waals surface area contributed by atoms with E-state index in [1.165, 1.54) is 11.3 Å². The zero-order valence-electron chi connectivity index (χ0n) is 10.5. The number of aromatic amines is 1. The zero-order chi connectivity index (χ0) is 13.5. The predicted molar refractivity (Wildman–Crippen MR) is 74.2 cm³/mol. The average Bonchev–Trinajstić information content (AvgIpc) is 3.14. The summed E-state index contributed by atoms with van der Waals surface area (Å²) in [6, 6.07) is 7.64. The number of nitrogens with one attached hydrogen (secondary N) is 1. The Bertz CT molecular complexity index is 874. The first kappa shape index (κ1) is 11.2. The summed E-state index contributed by atoms with van der Waals surface area (Å²) in [5.74, 6) is 0.628. The van der Waals surface area contributed by atoms with Gasteiger partial charge in [-0.2, -0.15) is 14.7 Å². The van der Waals surface area contributed by atoms with Crippen LogP contribution >= 0.6 is 11.3 Å². The highest BCUT2D eigenvalue weighted by atomic mass is 32.1. The summed E-state index contributed by atoms with van der Waals surface area (Å²) in [6.07, 6.45) is 1.75. The molecule has 0 amide bonds. The number of pyridine rings is 1. The van der Waals surface area contributed by atoms with Crippen molar-refractivity contribution in [1.29, 1.82) is 0 Å². The van der Waals surface area contributed by atoms with Crippen molar-refractivity contribution in [3.8, 4) is 22.2 Å². The second kappa shape index (κ2) is 4.20. The third kappa shape index (κ3) is 1.69. The van der Waals surface area contributed by atoms with Gasteiger partial charge in [-0.3, -0.25) is 10.1 Å². The Morgan fingerprint density at radius 1 is 1.20 bits per heavy atom. The second-order valence-corrected chi connectivity index (χ2v) is 5.23. The molecule has 0 saturated heterocycles. The van der Waals surface area contributed by atoms with Crippen LogP contribution in [0.2, 0.25) is 0 Å². The van der Waals surface area contributed by atoms with E-state index in [4.69, 9.17) is 0 Å². The van der Waals surface area contributed by atoms with Crippen molar-refractivity contribution in [2.45, 2.75) is 6.92 Å². The third-order valence-corrected chi connectivity index (χ3v) is 3.73. The molecule has 0 saturated carbocycles. The monoisotopic (exact) mass is 283 g/mol. The lowest BCUT2D eigenvalue weighted by molar-refractivity contribution is 0.949. The molecule has 0 aliphatic rings. The normalized spacial score (nSPS) is 11.2. The quantitative estimate of drug-likeness (QED) is 0.607. The summed E-state index contributed by atoms with van der Waals surface area (Å²) >= 11 is 1.45. The van der Waals surface area contributed by atoms with E-state index in [-0.39, 0.29) is 0 Å². The summed E-state index contributed by atoms with van der Waals surface area (Å²) in [4.78, 5) is 5.02. The van der Waals surface area contributed by atoms with Crippen LogP contribution < -0.4 is 0 Å². The fraction of sp³-hybridized carbons (Fsp3) is 0.0833. The molecule has 7 nitrogen and oxygen atoms in total. The fourth-order valence-corrected chi connectivity index (χ4v) is 2.72. The van der Waals surface area contributed by atoms with Crippen LogP contribution in [0.15, 0.2) is 30.5 Å². The Balaban J connectivity index is 1.87. The largest absolute Gasteiger partial charge is 0.282 e. The van der Waals surface area contributed by atoms with E-state index in [0.29, 0.717) is 5.82 Å². The first-order chi connectivity index (χ1) is 9.81. The van der Waals surface area contributed by atoms with Crippen molar-refractivity contribution in [3.63, 3.8) is 0 Å². The summed E-state index contributed by atoms with van der Waals surface area (Å²) in [6.45, 7) is 1.94. The van der Waals surface area contributed by atoms with Crippen LogP contribution in [-0.2, 0) is 0 Å². The summed E-state index contributed by atoms with van der Waals surface area (Å²) in [5.41, 5.74) is 2.52. The topological polar surface area (TPSA) is 84.7 Å². The van der Waals surface area contributed by atoms with Gasteiger partial charge in [0.05, 0.1) is 0 Å². The Labute approximate surface area is 117 Å². The van der Waals surface area contributed by atoms with Gasteiger partial charge in [-0.15, -0.1) is 10.2 Å². The highest BCUT2D eigenvalue weighted by Crippen LogP contribution is 2.26. The second-order valence-electron chi connectivity index (χ2n) is 4.28. The Kier molecular flexibility index (Phi) is 2.36. The molecule has 0 aliphatic heterocycles. The highest BCUT2D eigenvalue weighted by Gasteiger charge is 2.16. The molecule has 4 aromatic rings. The van der Waals surface area contributed by atoms with Crippen LogP contribution in [0.5, 0.6) is 0 Å². The van der Waals surface area contributed by atoms with E-state index in [9.17, 15) is 0 Å². The maximum atomic E-state index is 4.52. The van der Waals surface area contributed by atoms with Crippen LogP contribution in [0, 0.1) is 6.92 Å². The maximum absolute atomic E-state index is 4.52. The molecular weight excluding hydrogens is 274 g/mol. The minimum absolute atomic E-state index is 0.628. The first-order valence-electron chi connectivity index (χ1n) is 5.97. The minimum atomic E-state index is 0.628. The third-order valence-electron chi connectivity index (χ3n) is 2.81. The van der Waals surface area contributed by atoms with Gasteiger partial charge >= 0.3 is 0 Å². The summed E-state index contributed by atoms with van der Waals surface area (Å²) in [7, 11) is 0. The van der Waals surface area contributed by atoms with E-state index in [1.807, 2.05) is 31.2 Å². The predicted octanol–water partition coefficient (Wildman–Crippen LogP) is 1.95. The molecule has 0 radical (unpaired) electrons. The van der Waals surface area contributed by atoms with Crippen molar-refractivity contribution in [2.75, 3.05) is 0 Å². The zero-order valence-corrected chi connectivity index (χ0v) is 11.3. The van der Waals surface area contributed by atoms with Gasteiger partial charge in [0.2, 0.25) is 10.8 Å². The molecule has 0 aromatic carbocycles. The van der Waals surface area contributed by atoms with Crippen LogP contribution in [-0.4, -0.2) is 35.0 Å². The van der Waals surface area contributed by atoms with Gasteiger partial charge in [0.25, 0.3) is 0 Å². The molecule has 0 spiro atoms. The number of nitrogens with zero attached hydrogens (tertiary/aromatic N) is 6. The van der Waals surface area contributed by atoms with Crippen molar-refractivity contribution >= 4 is 16.3 Å². The smallest absolute Gasteiger partial charge is 0.235 e. The Hall–Kier alpha value is -2.61. The van der Waals surface area contributed by atoms with Crippen molar-refractivity contribution in [3.05, 3.63) is 36.2 Å². The van der Waals surface area contributed by atoms with Gasteiger partial charge in [-0.1, -0.05) is 17.4 Å². The lowest BCUT2D eigenvalue weighted by atomic mass is 10.3. The number of hydrogen-bond donors (Lipinski definition) is 1. The molecule has 0 bridgehead atoms. The number of H-pyrrole nitrogens is 1. The van der Waals surface area contributed by atoms with Crippen molar-refractivity contribution < 1.29 is 0 Å². The van der Waals surface area contributed by atoms with Gasteiger partial charge in [0.15, 0.2) is 5.01 Å². The van der Waals surface area contributed by atoms with E-state index in [2.05, 4.69) is 30.5 Å². The molecular formula is C12H9N7S. The number of aryl methyl sites for hydroxylation is 1. The van der Waals surface area contributed by atoms with Crippen LogP contribution in [0.4, 0.5) is 0 Å². The van der Waals surface area contributed by atoms with Crippen LogP contribution in [0.3, 0.4) is 0 Å². The van der Waals surface area contributed by atoms with E-state index in [0.717, 1.165) is 27.1 Å². The number of rotatable bonds is 2. The maximum Gasteiger partial charge on any atom is 0.235 e. The summed E-state index contributed by atoms with van der Waals surface area (Å²) < 4.78 is 1.70. The summed E-state index contributed by atoms with van der Waals surface area (Å²) in [5, 5.41) is 20.7. The molecule has 0 fully saturated rings. The molecule has 0 atom stereocenters. The molecule has 8 heteroatoms. The van der Waals surface area contributed by atoms with Gasteiger partial charge in [0.1, 0.15) is 11.4 Å². The Morgan fingerprint density at radius 3 is 2.90 bits per heavy atom. The molecule has 98 valence electrons. The van der Waals surface area contributed by atoms with Gasteiger partial charge in [-0.25, -0.2) is 0 Å². The van der Waals surface area contributed by atoms with Gasteiger partial charge < -0.3 is 0 Å². The minimum Gasteiger partial charge on any atom is -0.282 e. The highest BCUT2D eigenvalue weighted by molar-refractivity contribution is 7.19. The van der Waals surface area contributed by atoms with E-state index >= 15 is 0 Å².